The number of halogens is 2. The largest absolute Gasteiger partial charge is 1.00 e. The predicted octanol–water partition coefficient (Wildman–Crippen LogP) is -0.633. The number of hydrogen-bond acceptors (Lipinski definition) is 4. The Balaban J connectivity index is 0.000000421. The Bertz CT molecular complexity index is 1280. The number of carbonyl (C=O) groups excluding carboxylic acids is 2. The van der Waals surface area contributed by atoms with Crippen LogP contribution in [0.1, 0.15) is 43.9 Å². The van der Waals surface area contributed by atoms with Crippen LogP contribution in [-0.2, 0) is 0 Å². The topological polar surface area (TPSA) is 74.6 Å². The van der Waals surface area contributed by atoms with E-state index in [1.807, 2.05) is 150 Å². The molecule has 2 atom stereocenters. The predicted molar refractivity (Wildman–Crippen MR) is 168 cm³/mol. The van der Waals surface area contributed by atoms with Gasteiger partial charge in [-0.15, -0.1) is 0 Å². The number of benzene rings is 4. The van der Waals surface area contributed by atoms with Crippen LogP contribution in [-0.4, -0.2) is 85.2 Å². The van der Waals surface area contributed by atoms with Gasteiger partial charge in [0.2, 0.25) is 11.6 Å². The molecule has 0 amide bonds. The monoisotopic (exact) mass is 682 g/mol. The van der Waals surface area contributed by atoms with Crippen LogP contribution >= 0.6 is 0 Å². The summed E-state index contributed by atoms with van der Waals surface area (Å²) in [4.78, 5) is 25.9. The van der Waals surface area contributed by atoms with E-state index in [9.17, 15) is 19.8 Å². The zero-order valence-electron chi connectivity index (χ0n) is 25.9. The number of quaternary nitrogens is 2. The lowest BCUT2D eigenvalue weighted by molar-refractivity contribution is -0.911. The Kier molecular flexibility index (Phi) is 16.4. The quantitative estimate of drug-likeness (QED) is 0.154. The van der Waals surface area contributed by atoms with E-state index >= 15 is 0 Å². The molecule has 0 heterocycles. The molecule has 0 aliphatic heterocycles. The van der Waals surface area contributed by atoms with E-state index in [1.165, 1.54) is 0 Å². The molecule has 0 bridgehead atoms. The van der Waals surface area contributed by atoms with Gasteiger partial charge in [0.05, 0.1) is 41.4 Å². The number of likely N-dealkylation sites (N-methyl/N-ethyl adjacent to an activating group) is 2. The molecule has 4 aromatic carbocycles. The number of aliphatic hydroxyl groups is 2. The molecule has 0 spiro atoms. The second-order valence-corrected chi connectivity index (χ2v) is 11.5. The zero-order chi connectivity index (χ0) is 30.6. The van der Waals surface area contributed by atoms with E-state index in [-0.39, 0.29) is 66.3 Å². The van der Waals surface area contributed by atoms with Crippen molar-refractivity contribution in [3.63, 3.8) is 0 Å². The third kappa shape index (κ3) is 10.5. The highest BCUT2D eigenvalue weighted by molar-refractivity contribution is 6.00. The van der Waals surface area contributed by atoms with Gasteiger partial charge in [-0.3, -0.25) is 9.59 Å². The van der Waals surface area contributed by atoms with E-state index in [2.05, 4.69) is 0 Å². The number of carbonyl (C=O) groups is 2. The van der Waals surface area contributed by atoms with Crippen molar-refractivity contribution in [2.45, 2.75) is 12.1 Å². The first-order valence-electron chi connectivity index (χ1n) is 14.3. The Hall–Kier alpha value is -3.17. The van der Waals surface area contributed by atoms with Crippen molar-refractivity contribution in [2.24, 2.45) is 0 Å². The lowest BCUT2D eigenvalue weighted by Crippen LogP contribution is -3.00. The van der Waals surface area contributed by atoms with Crippen LogP contribution in [0, 0.1) is 0 Å². The van der Waals surface area contributed by atoms with Gasteiger partial charge in [-0.25, -0.2) is 0 Å². The third-order valence-corrected chi connectivity index (χ3v) is 7.59. The number of aliphatic hydroxyl groups excluding tert-OH is 2. The standard InChI is InChI=1S/2C18H22NO2.BrH.ClH/c2*1-19(2,13-14-20)17(15-9-5-3-6-10-15)18(21)16-11-7-4-8-12-16;;/h2*3-12,17,20H,13-14H2,1-2H3;2*1H/q2*+1;;/p-2. The molecule has 0 aromatic heterocycles. The molecule has 236 valence electrons. The summed E-state index contributed by atoms with van der Waals surface area (Å²) in [5.41, 5.74) is 3.36. The molecule has 0 saturated heterocycles. The van der Waals surface area contributed by atoms with Gasteiger partial charge in [0.1, 0.15) is 13.1 Å². The Morgan fingerprint density at radius 1 is 0.523 bits per heavy atom. The summed E-state index contributed by atoms with van der Waals surface area (Å²) in [6.07, 6.45) is 0. The fraction of sp³-hybridized carbons (Fsp3) is 0.278. The van der Waals surface area contributed by atoms with Gasteiger partial charge < -0.3 is 48.6 Å². The van der Waals surface area contributed by atoms with Crippen molar-refractivity contribution in [1.29, 1.82) is 0 Å². The highest BCUT2D eigenvalue weighted by Crippen LogP contribution is 2.30. The van der Waals surface area contributed by atoms with E-state index in [1.54, 1.807) is 0 Å². The van der Waals surface area contributed by atoms with E-state index in [0.717, 1.165) is 11.1 Å². The molecule has 0 saturated carbocycles. The van der Waals surface area contributed by atoms with Gasteiger partial charge in [-0.05, 0) is 0 Å². The Morgan fingerprint density at radius 2 is 0.773 bits per heavy atom. The van der Waals surface area contributed by atoms with Crippen molar-refractivity contribution in [1.82, 2.24) is 0 Å². The van der Waals surface area contributed by atoms with Gasteiger partial charge in [0, 0.05) is 22.3 Å². The maximum atomic E-state index is 13.0. The van der Waals surface area contributed by atoms with E-state index in [0.29, 0.717) is 33.2 Å². The maximum absolute atomic E-state index is 13.0. The summed E-state index contributed by atoms with van der Waals surface area (Å²) in [5, 5.41) is 18.6. The van der Waals surface area contributed by atoms with Gasteiger partial charge in [0.15, 0.2) is 12.1 Å². The van der Waals surface area contributed by atoms with Crippen LogP contribution in [0.4, 0.5) is 0 Å². The van der Waals surface area contributed by atoms with Crippen LogP contribution < -0.4 is 29.4 Å². The summed E-state index contributed by atoms with van der Waals surface area (Å²) in [6, 6.07) is 37.6. The molecule has 44 heavy (non-hydrogen) atoms. The number of Topliss-reactive ketones (excluding diaryl/α,β-unsaturated/α-hetero) is 2. The van der Waals surface area contributed by atoms with E-state index < -0.39 is 0 Å². The SMILES string of the molecule is C[N+](C)(CCO)C(C(=O)c1ccccc1)c1ccccc1.C[N+](C)(CCO)C(C(=O)c1ccccc1)c1ccccc1.[Br-].[Cl-]. The average Bonchev–Trinajstić information content (AvgIpc) is 2.99. The first-order chi connectivity index (χ1) is 20.1. The molecule has 8 heteroatoms. The molecular weight excluding hydrogens is 640 g/mol. The molecule has 0 fully saturated rings. The van der Waals surface area contributed by atoms with Crippen molar-refractivity contribution < 1.29 is 58.2 Å². The fourth-order valence-electron chi connectivity index (χ4n) is 5.31. The molecule has 2 unspecified atom stereocenters. The van der Waals surface area contributed by atoms with Crippen molar-refractivity contribution in [3.8, 4) is 0 Å². The Labute approximate surface area is 279 Å². The molecular formula is C36H44BrClN2O4. The first kappa shape index (κ1) is 38.9. The van der Waals surface area contributed by atoms with Gasteiger partial charge in [-0.1, -0.05) is 121 Å². The summed E-state index contributed by atoms with van der Waals surface area (Å²) >= 11 is 0. The molecule has 0 aliphatic rings. The van der Waals surface area contributed by atoms with Crippen LogP contribution in [0.2, 0.25) is 0 Å². The molecule has 6 nitrogen and oxygen atoms in total. The van der Waals surface area contributed by atoms with Crippen LogP contribution in [0.25, 0.3) is 0 Å². The number of hydrogen-bond donors (Lipinski definition) is 2. The summed E-state index contributed by atoms with van der Waals surface area (Å²) < 4.78 is 0.850. The number of ketones is 2. The zero-order valence-corrected chi connectivity index (χ0v) is 28.2. The minimum absolute atomic E-state index is 0. The molecule has 4 aromatic rings. The highest BCUT2D eigenvalue weighted by atomic mass is 79.9. The highest BCUT2D eigenvalue weighted by Gasteiger charge is 2.37. The average molecular weight is 684 g/mol. The first-order valence-corrected chi connectivity index (χ1v) is 14.3. The lowest BCUT2D eigenvalue weighted by atomic mass is 9.94. The van der Waals surface area contributed by atoms with Gasteiger partial charge >= 0.3 is 0 Å². The minimum Gasteiger partial charge on any atom is -1.00 e. The summed E-state index contributed by atoms with van der Waals surface area (Å²) in [7, 11) is 7.92. The van der Waals surface area contributed by atoms with Gasteiger partial charge in [0.25, 0.3) is 0 Å². The smallest absolute Gasteiger partial charge is 0.224 e. The van der Waals surface area contributed by atoms with Gasteiger partial charge in [-0.2, -0.15) is 0 Å². The number of nitrogens with zero attached hydrogens (tertiary/aromatic N) is 2. The van der Waals surface area contributed by atoms with Crippen molar-refractivity contribution in [2.75, 3.05) is 54.5 Å². The van der Waals surface area contributed by atoms with Crippen molar-refractivity contribution in [3.05, 3.63) is 144 Å². The lowest BCUT2D eigenvalue weighted by Gasteiger charge is -2.37. The van der Waals surface area contributed by atoms with E-state index in [4.69, 9.17) is 0 Å². The number of rotatable bonds is 12. The van der Waals surface area contributed by atoms with Crippen LogP contribution in [0.15, 0.2) is 121 Å². The molecule has 0 aliphatic carbocycles. The van der Waals surface area contributed by atoms with Crippen LogP contribution in [0.5, 0.6) is 0 Å². The van der Waals surface area contributed by atoms with Crippen LogP contribution in [0.3, 0.4) is 0 Å². The maximum Gasteiger partial charge on any atom is 0.224 e. The molecule has 4 rings (SSSR count). The summed E-state index contributed by atoms with van der Waals surface area (Å²) in [6.45, 7) is 1.16. The second kappa shape index (κ2) is 18.6. The normalized spacial score (nSPS) is 12.3. The minimum atomic E-state index is -0.319. The van der Waals surface area contributed by atoms with Crippen molar-refractivity contribution >= 4 is 11.6 Å². The third-order valence-electron chi connectivity index (χ3n) is 7.59. The molecule has 2 N–H and O–H groups in total. The summed E-state index contributed by atoms with van der Waals surface area (Å²) in [5.74, 6) is 0.167. The Morgan fingerprint density at radius 3 is 1.02 bits per heavy atom. The fourth-order valence-corrected chi connectivity index (χ4v) is 5.31. The second-order valence-electron chi connectivity index (χ2n) is 11.5. The molecule has 0 radical (unpaired) electrons.